The lowest BCUT2D eigenvalue weighted by atomic mass is 10.1. The zero-order valence-corrected chi connectivity index (χ0v) is 11.6. The second-order valence-corrected chi connectivity index (χ2v) is 5.53. The molecule has 0 radical (unpaired) electrons. The van der Waals surface area contributed by atoms with Gasteiger partial charge < -0.3 is 5.73 Å². The number of nitro groups is 1. The monoisotopic (exact) mass is 313 g/mol. The zero-order valence-electron chi connectivity index (χ0n) is 10.0. The molecule has 6 heteroatoms. The van der Waals surface area contributed by atoms with Gasteiger partial charge in [0, 0.05) is 25.2 Å². The summed E-state index contributed by atoms with van der Waals surface area (Å²) >= 11 is 3.19. The first-order valence-electron chi connectivity index (χ1n) is 5.97. The molecular weight excluding hydrogens is 298 g/mol. The Morgan fingerprint density at radius 3 is 3.00 bits per heavy atom. The maximum atomic E-state index is 10.9. The van der Waals surface area contributed by atoms with Crippen molar-refractivity contribution in [2.75, 3.05) is 13.1 Å². The molecule has 2 rings (SSSR count). The number of likely N-dealkylation sites (tertiary alicyclic amines) is 1. The van der Waals surface area contributed by atoms with Gasteiger partial charge in [-0.1, -0.05) is 6.07 Å². The van der Waals surface area contributed by atoms with Gasteiger partial charge >= 0.3 is 0 Å². The predicted octanol–water partition coefficient (Wildman–Crippen LogP) is 2.28. The highest BCUT2D eigenvalue weighted by Crippen LogP contribution is 2.26. The number of hydrogen-bond acceptors (Lipinski definition) is 4. The largest absolute Gasteiger partial charge is 0.327 e. The second kappa shape index (κ2) is 5.77. The lowest BCUT2D eigenvalue weighted by molar-refractivity contribution is -0.385. The SMILES string of the molecule is N[C@@H]1CCCN(Cc2ccc(Br)c([N+](=O)[O-])c2)C1. The third-order valence-corrected chi connectivity index (χ3v) is 3.83. The summed E-state index contributed by atoms with van der Waals surface area (Å²) in [6.07, 6.45) is 2.16. The van der Waals surface area contributed by atoms with E-state index in [-0.39, 0.29) is 16.7 Å². The average Bonchev–Trinajstić information content (AvgIpc) is 2.31. The summed E-state index contributed by atoms with van der Waals surface area (Å²) in [5.41, 5.74) is 7.00. The normalized spacial score (nSPS) is 20.9. The molecule has 1 aliphatic heterocycles. The van der Waals surface area contributed by atoms with Crippen LogP contribution in [0.3, 0.4) is 0 Å². The number of piperidine rings is 1. The smallest absolute Gasteiger partial charge is 0.283 e. The lowest BCUT2D eigenvalue weighted by Gasteiger charge is -2.30. The number of halogens is 1. The number of nitro benzene ring substituents is 1. The molecule has 0 spiro atoms. The first-order valence-corrected chi connectivity index (χ1v) is 6.76. The fraction of sp³-hybridized carbons (Fsp3) is 0.500. The molecular formula is C12H16BrN3O2. The number of hydrogen-bond donors (Lipinski definition) is 1. The number of benzene rings is 1. The van der Waals surface area contributed by atoms with Crippen LogP contribution < -0.4 is 5.73 Å². The summed E-state index contributed by atoms with van der Waals surface area (Å²) in [7, 11) is 0. The van der Waals surface area contributed by atoms with Crippen LogP contribution in [0.1, 0.15) is 18.4 Å². The lowest BCUT2D eigenvalue weighted by Crippen LogP contribution is -2.42. The minimum Gasteiger partial charge on any atom is -0.327 e. The van der Waals surface area contributed by atoms with Crippen molar-refractivity contribution in [2.45, 2.75) is 25.4 Å². The maximum Gasteiger partial charge on any atom is 0.283 e. The summed E-state index contributed by atoms with van der Waals surface area (Å²) in [4.78, 5) is 12.7. The Hall–Kier alpha value is -0.980. The van der Waals surface area contributed by atoms with Crippen molar-refractivity contribution in [3.05, 3.63) is 38.3 Å². The molecule has 0 aromatic heterocycles. The van der Waals surface area contributed by atoms with E-state index in [1.807, 2.05) is 6.07 Å². The van der Waals surface area contributed by atoms with Crippen LogP contribution in [0.5, 0.6) is 0 Å². The third-order valence-electron chi connectivity index (χ3n) is 3.16. The molecule has 2 N–H and O–H groups in total. The molecule has 18 heavy (non-hydrogen) atoms. The molecule has 5 nitrogen and oxygen atoms in total. The Labute approximate surface area is 114 Å². The molecule has 98 valence electrons. The van der Waals surface area contributed by atoms with E-state index in [9.17, 15) is 10.1 Å². The van der Waals surface area contributed by atoms with Crippen LogP contribution in [0.4, 0.5) is 5.69 Å². The Bertz CT molecular complexity index is 453. The summed E-state index contributed by atoms with van der Waals surface area (Å²) < 4.78 is 0.520. The summed E-state index contributed by atoms with van der Waals surface area (Å²) in [5, 5.41) is 10.9. The number of nitrogens with two attached hydrogens (primary N) is 1. The van der Waals surface area contributed by atoms with Gasteiger partial charge in [0.2, 0.25) is 0 Å². The zero-order chi connectivity index (χ0) is 13.1. The van der Waals surface area contributed by atoms with Crippen LogP contribution in [-0.2, 0) is 6.54 Å². The van der Waals surface area contributed by atoms with E-state index in [0.29, 0.717) is 4.47 Å². The number of nitrogens with zero attached hydrogens (tertiary/aromatic N) is 2. The van der Waals surface area contributed by atoms with Gasteiger partial charge in [-0.2, -0.15) is 0 Å². The molecule has 1 saturated heterocycles. The maximum absolute atomic E-state index is 10.9. The van der Waals surface area contributed by atoms with Crippen LogP contribution in [0.25, 0.3) is 0 Å². The molecule has 0 aliphatic carbocycles. The fourth-order valence-corrected chi connectivity index (χ4v) is 2.68. The van der Waals surface area contributed by atoms with Gasteiger partial charge in [0.25, 0.3) is 5.69 Å². The van der Waals surface area contributed by atoms with Gasteiger partial charge in [-0.05, 0) is 46.9 Å². The Morgan fingerprint density at radius 2 is 2.33 bits per heavy atom. The molecule has 1 aliphatic rings. The third kappa shape index (κ3) is 3.28. The minimum absolute atomic E-state index is 0.119. The first-order chi connectivity index (χ1) is 8.56. The van der Waals surface area contributed by atoms with E-state index in [0.717, 1.165) is 38.0 Å². The summed E-state index contributed by atoms with van der Waals surface area (Å²) in [6, 6.07) is 5.50. The van der Waals surface area contributed by atoms with E-state index in [2.05, 4.69) is 20.8 Å². The van der Waals surface area contributed by atoms with E-state index in [1.165, 1.54) is 0 Å². The van der Waals surface area contributed by atoms with Crippen LogP contribution in [0.15, 0.2) is 22.7 Å². The average molecular weight is 314 g/mol. The molecule has 0 amide bonds. The molecule has 0 unspecified atom stereocenters. The number of rotatable bonds is 3. The van der Waals surface area contributed by atoms with Crippen LogP contribution >= 0.6 is 15.9 Å². The topological polar surface area (TPSA) is 72.4 Å². The van der Waals surface area contributed by atoms with Gasteiger partial charge in [0.05, 0.1) is 9.40 Å². The molecule has 0 saturated carbocycles. The highest BCUT2D eigenvalue weighted by Gasteiger charge is 2.18. The van der Waals surface area contributed by atoms with Gasteiger partial charge in [-0.15, -0.1) is 0 Å². The van der Waals surface area contributed by atoms with Crippen molar-refractivity contribution in [1.29, 1.82) is 0 Å². The van der Waals surface area contributed by atoms with Crippen LogP contribution in [0.2, 0.25) is 0 Å². The van der Waals surface area contributed by atoms with E-state index >= 15 is 0 Å². The van der Waals surface area contributed by atoms with Crippen molar-refractivity contribution < 1.29 is 4.92 Å². The highest BCUT2D eigenvalue weighted by molar-refractivity contribution is 9.10. The first kappa shape index (κ1) is 13.5. The Balaban J connectivity index is 2.09. The summed E-state index contributed by atoms with van der Waals surface area (Å²) in [6.45, 7) is 2.60. The molecule has 1 fully saturated rings. The van der Waals surface area contributed by atoms with Crippen molar-refractivity contribution in [2.24, 2.45) is 5.73 Å². The molecule has 1 aromatic carbocycles. The standard InChI is InChI=1S/C12H16BrN3O2/c13-11-4-3-9(6-12(11)16(17)18)7-15-5-1-2-10(14)8-15/h3-4,6,10H,1-2,5,7-8,14H2/t10-/m1/s1. The van der Waals surface area contributed by atoms with Crippen molar-refractivity contribution in [3.63, 3.8) is 0 Å². The predicted molar refractivity (Wildman–Crippen MR) is 73.3 cm³/mol. The second-order valence-electron chi connectivity index (χ2n) is 4.68. The van der Waals surface area contributed by atoms with Crippen molar-refractivity contribution in [1.82, 2.24) is 4.90 Å². The quantitative estimate of drug-likeness (QED) is 0.686. The van der Waals surface area contributed by atoms with Crippen molar-refractivity contribution >= 4 is 21.6 Å². The van der Waals surface area contributed by atoms with Crippen molar-refractivity contribution in [3.8, 4) is 0 Å². The van der Waals surface area contributed by atoms with Gasteiger partial charge in [-0.3, -0.25) is 15.0 Å². The Kier molecular flexibility index (Phi) is 4.31. The van der Waals surface area contributed by atoms with E-state index < -0.39 is 0 Å². The molecule has 1 atom stereocenters. The molecule has 1 heterocycles. The summed E-state index contributed by atoms with van der Waals surface area (Å²) in [5.74, 6) is 0. The minimum atomic E-state index is -0.366. The molecule has 0 bridgehead atoms. The van der Waals surface area contributed by atoms with Gasteiger partial charge in [0.1, 0.15) is 0 Å². The molecule has 1 aromatic rings. The Morgan fingerprint density at radius 1 is 1.56 bits per heavy atom. The van der Waals surface area contributed by atoms with Gasteiger partial charge in [-0.25, -0.2) is 0 Å². The van der Waals surface area contributed by atoms with Gasteiger partial charge in [0.15, 0.2) is 0 Å². The van der Waals surface area contributed by atoms with E-state index in [4.69, 9.17) is 5.73 Å². The van der Waals surface area contributed by atoms with Crippen LogP contribution in [0, 0.1) is 10.1 Å². The fourth-order valence-electron chi connectivity index (χ4n) is 2.29. The van der Waals surface area contributed by atoms with Crippen LogP contribution in [-0.4, -0.2) is 29.0 Å². The highest BCUT2D eigenvalue weighted by atomic mass is 79.9. The van der Waals surface area contributed by atoms with E-state index in [1.54, 1.807) is 12.1 Å².